The van der Waals surface area contributed by atoms with Crippen LogP contribution in [0.5, 0.6) is 0 Å². The molecule has 1 saturated carbocycles. The van der Waals surface area contributed by atoms with Crippen LogP contribution in [0.1, 0.15) is 12.5 Å². The number of amides is 1. The highest BCUT2D eigenvalue weighted by Gasteiger charge is 2.49. The monoisotopic (exact) mass is 417 g/mol. The molecule has 1 amide bonds. The van der Waals surface area contributed by atoms with Crippen molar-refractivity contribution in [3.8, 4) is 11.3 Å². The number of likely N-dealkylation sites (tertiary alicyclic amines) is 1. The van der Waals surface area contributed by atoms with Gasteiger partial charge in [-0.1, -0.05) is 12.6 Å². The van der Waals surface area contributed by atoms with E-state index in [1.165, 1.54) is 12.4 Å². The Kier molecular flexibility index (Phi) is 3.70. The van der Waals surface area contributed by atoms with E-state index >= 15 is 0 Å². The molecular formula is C21H19N7OS. The van der Waals surface area contributed by atoms with Gasteiger partial charge in [-0.15, -0.1) is 11.3 Å². The van der Waals surface area contributed by atoms with E-state index in [0.717, 1.165) is 52.0 Å². The Morgan fingerprint density at radius 1 is 1.27 bits per heavy atom. The van der Waals surface area contributed by atoms with Gasteiger partial charge in [-0.2, -0.15) is 5.10 Å². The molecule has 1 aromatic carbocycles. The van der Waals surface area contributed by atoms with Crippen LogP contribution < -0.4 is 5.73 Å². The van der Waals surface area contributed by atoms with E-state index in [9.17, 15) is 4.79 Å². The van der Waals surface area contributed by atoms with Crippen molar-refractivity contribution in [2.24, 2.45) is 11.8 Å². The van der Waals surface area contributed by atoms with Crippen molar-refractivity contribution in [3.05, 3.63) is 42.7 Å². The first kappa shape index (κ1) is 17.5. The lowest BCUT2D eigenvalue weighted by Gasteiger charge is -2.39. The maximum absolute atomic E-state index is 12.1. The van der Waals surface area contributed by atoms with E-state index in [1.54, 1.807) is 11.3 Å². The van der Waals surface area contributed by atoms with E-state index in [1.807, 2.05) is 27.2 Å². The maximum Gasteiger partial charge on any atom is 0.245 e. The number of hydrogen-bond donors (Lipinski definition) is 1. The molecule has 4 aromatic rings. The average Bonchev–Trinajstić information content (AvgIpc) is 3.44. The maximum atomic E-state index is 12.1. The van der Waals surface area contributed by atoms with Crippen molar-refractivity contribution >= 4 is 44.3 Å². The Hall–Kier alpha value is -3.33. The van der Waals surface area contributed by atoms with Crippen molar-refractivity contribution < 1.29 is 4.79 Å². The normalized spacial score (nSPS) is 22.9. The van der Waals surface area contributed by atoms with E-state index < -0.39 is 0 Å². The summed E-state index contributed by atoms with van der Waals surface area (Å²) in [4.78, 5) is 27.0. The highest BCUT2D eigenvalue weighted by atomic mass is 32.1. The first-order chi connectivity index (χ1) is 14.6. The van der Waals surface area contributed by atoms with Crippen molar-refractivity contribution in [2.75, 3.05) is 18.8 Å². The molecule has 2 fully saturated rings. The minimum Gasteiger partial charge on any atom is -0.383 e. The predicted molar refractivity (Wildman–Crippen MR) is 116 cm³/mol. The van der Waals surface area contributed by atoms with Crippen LogP contribution in [0.4, 0.5) is 5.82 Å². The second-order valence-corrected chi connectivity index (χ2v) is 8.85. The van der Waals surface area contributed by atoms with Crippen molar-refractivity contribution in [3.63, 3.8) is 0 Å². The lowest BCUT2D eigenvalue weighted by Crippen LogP contribution is -2.38. The molecule has 0 radical (unpaired) electrons. The second-order valence-electron chi connectivity index (χ2n) is 7.96. The number of nitrogens with zero attached hydrogens (tertiary/aromatic N) is 6. The van der Waals surface area contributed by atoms with Crippen LogP contribution in [0.25, 0.3) is 32.5 Å². The molecule has 8 nitrogen and oxygen atoms in total. The van der Waals surface area contributed by atoms with E-state index in [0.29, 0.717) is 17.7 Å². The van der Waals surface area contributed by atoms with Crippen molar-refractivity contribution in [1.82, 2.24) is 29.6 Å². The summed E-state index contributed by atoms with van der Waals surface area (Å²) in [7, 11) is 0. The fraction of sp³-hybridized carbons (Fsp3) is 0.286. The molecule has 1 aliphatic heterocycles. The van der Waals surface area contributed by atoms with Crippen LogP contribution in [0.3, 0.4) is 0 Å². The number of benzene rings is 1. The Bertz CT molecular complexity index is 1330. The molecule has 0 spiro atoms. The zero-order valence-corrected chi connectivity index (χ0v) is 16.9. The Morgan fingerprint density at radius 2 is 2.17 bits per heavy atom. The molecule has 150 valence electrons. The van der Waals surface area contributed by atoms with Crippen LogP contribution in [-0.2, 0) is 4.79 Å². The standard InChI is InChI=1S/C21H19N7OS/c1-2-17(29)27-7-12-5-15(13(12)8-27)28-21-18(20(22)23-9-24-21)19(26-28)11-3-4-14-16(6-11)30-10-25-14/h2-4,6,9-10,12-13,15H,1,5,7-8H2,(H2,22,23,24). The minimum absolute atomic E-state index is 0.00130. The van der Waals surface area contributed by atoms with Crippen LogP contribution in [0.15, 0.2) is 42.7 Å². The van der Waals surface area contributed by atoms with Gasteiger partial charge in [0.2, 0.25) is 5.91 Å². The number of rotatable bonds is 3. The van der Waals surface area contributed by atoms with Gasteiger partial charge < -0.3 is 10.6 Å². The van der Waals surface area contributed by atoms with Crippen LogP contribution in [0.2, 0.25) is 0 Å². The van der Waals surface area contributed by atoms with Gasteiger partial charge in [-0.05, 0) is 30.5 Å². The topological polar surface area (TPSA) is 103 Å². The van der Waals surface area contributed by atoms with Crippen LogP contribution >= 0.6 is 11.3 Å². The first-order valence-electron chi connectivity index (χ1n) is 9.87. The van der Waals surface area contributed by atoms with E-state index in [4.69, 9.17) is 10.8 Å². The number of anilines is 1. The molecule has 3 unspecified atom stereocenters. The summed E-state index contributed by atoms with van der Waals surface area (Å²) in [5, 5.41) is 5.76. The minimum atomic E-state index is -0.00130. The quantitative estimate of drug-likeness (QED) is 0.514. The molecule has 9 heteroatoms. The van der Waals surface area contributed by atoms with Gasteiger partial charge in [0.15, 0.2) is 5.65 Å². The molecule has 2 N–H and O–H groups in total. The van der Waals surface area contributed by atoms with Gasteiger partial charge in [0, 0.05) is 24.6 Å². The Balaban J connectivity index is 1.45. The molecule has 2 aliphatic rings. The smallest absolute Gasteiger partial charge is 0.245 e. The molecule has 0 bridgehead atoms. The van der Waals surface area contributed by atoms with Gasteiger partial charge in [0.25, 0.3) is 0 Å². The summed E-state index contributed by atoms with van der Waals surface area (Å²) in [6, 6.07) is 6.30. The summed E-state index contributed by atoms with van der Waals surface area (Å²) < 4.78 is 3.10. The third-order valence-electron chi connectivity index (χ3n) is 6.45. The van der Waals surface area contributed by atoms with Gasteiger partial charge in [-0.3, -0.25) is 4.79 Å². The van der Waals surface area contributed by atoms with Gasteiger partial charge in [-0.25, -0.2) is 19.6 Å². The number of fused-ring (bicyclic) bond motifs is 3. The summed E-state index contributed by atoms with van der Waals surface area (Å²) in [6.07, 6.45) is 3.86. The Labute approximate surface area is 176 Å². The third-order valence-corrected chi connectivity index (χ3v) is 7.25. The summed E-state index contributed by atoms with van der Waals surface area (Å²) in [6.45, 7) is 5.13. The fourth-order valence-corrected chi connectivity index (χ4v) is 5.61. The molecule has 30 heavy (non-hydrogen) atoms. The second kappa shape index (κ2) is 6.33. The number of thiazole rings is 1. The third kappa shape index (κ3) is 2.41. The molecule has 6 rings (SSSR count). The molecule has 3 aromatic heterocycles. The molecule has 3 atom stereocenters. The van der Waals surface area contributed by atoms with Crippen molar-refractivity contribution in [1.29, 1.82) is 0 Å². The fourth-order valence-electron chi connectivity index (χ4n) is 4.89. The lowest BCUT2D eigenvalue weighted by molar-refractivity contribution is -0.125. The number of nitrogen functional groups attached to an aromatic ring is 1. The van der Waals surface area contributed by atoms with Gasteiger partial charge in [0.1, 0.15) is 17.8 Å². The summed E-state index contributed by atoms with van der Waals surface area (Å²) >= 11 is 1.60. The number of carbonyl (C=O) groups excluding carboxylic acids is 1. The molecule has 4 heterocycles. The number of hydrogen-bond acceptors (Lipinski definition) is 7. The highest BCUT2D eigenvalue weighted by Crippen LogP contribution is 2.50. The SMILES string of the molecule is C=CC(=O)N1CC2CC(n3nc(-c4ccc5ncsc5c4)c4c(N)ncnc43)C2C1. The zero-order valence-electron chi connectivity index (χ0n) is 16.1. The number of carbonyl (C=O) groups is 1. The first-order valence-corrected chi connectivity index (χ1v) is 10.8. The number of aromatic nitrogens is 5. The molecular weight excluding hydrogens is 398 g/mol. The van der Waals surface area contributed by atoms with Crippen LogP contribution in [-0.4, -0.2) is 48.6 Å². The van der Waals surface area contributed by atoms with Gasteiger partial charge >= 0.3 is 0 Å². The van der Waals surface area contributed by atoms with Crippen molar-refractivity contribution in [2.45, 2.75) is 12.5 Å². The molecule has 1 saturated heterocycles. The summed E-state index contributed by atoms with van der Waals surface area (Å²) in [5.41, 5.74) is 11.6. The average molecular weight is 417 g/mol. The number of nitrogens with two attached hydrogens (primary N) is 1. The highest BCUT2D eigenvalue weighted by molar-refractivity contribution is 7.16. The van der Waals surface area contributed by atoms with E-state index in [2.05, 4.69) is 27.6 Å². The Morgan fingerprint density at radius 3 is 3.03 bits per heavy atom. The van der Waals surface area contributed by atoms with E-state index in [-0.39, 0.29) is 11.9 Å². The summed E-state index contributed by atoms with van der Waals surface area (Å²) in [5.74, 6) is 1.29. The molecule has 1 aliphatic carbocycles. The zero-order chi connectivity index (χ0) is 20.4. The largest absolute Gasteiger partial charge is 0.383 e. The van der Waals surface area contributed by atoms with Crippen LogP contribution in [0, 0.1) is 11.8 Å². The lowest BCUT2D eigenvalue weighted by atomic mass is 9.71. The van der Waals surface area contributed by atoms with Gasteiger partial charge in [0.05, 0.1) is 27.2 Å². The predicted octanol–water partition coefficient (Wildman–Crippen LogP) is 2.89.